The molecule has 2 heterocycles. The van der Waals surface area contributed by atoms with Crippen LogP contribution in [0.3, 0.4) is 0 Å². The summed E-state index contributed by atoms with van der Waals surface area (Å²) >= 11 is 5.94. The van der Waals surface area contributed by atoms with Crippen molar-refractivity contribution < 1.29 is 19.1 Å². The highest BCUT2D eigenvalue weighted by Gasteiger charge is 2.36. The molecule has 1 N–H and O–H groups in total. The van der Waals surface area contributed by atoms with E-state index in [0.29, 0.717) is 68.4 Å². The van der Waals surface area contributed by atoms with Crippen molar-refractivity contribution >= 4 is 29.3 Å². The van der Waals surface area contributed by atoms with E-state index in [-0.39, 0.29) is 23.6 Å². The second-order valence-corrected chi connectivity index (χ2v) is 9.33. The molecule has 2 aliphatic rings. The summed E-state index contributed by atoms with van der Waals surface area (Å²) in [6.45, 7) is 5.02. The van der Waals surface area contributed by atoms with E-state index in [0.717, 1.165) is 5.56 Å². The smallest absolute Gasteiger partial charge is 0.253 e. The summed E-state index contributed by atoms with van der Waals surface area (Å²) in [4.78, 5) is 43.0. The van der Waals surface area contributed by atoms with Crippen molar-refractivity contribution in [3.8, 4) is 0 Å². The van der Waals surface area contributed by atoms with Gasteiger partial charge in [0, 0.05) is 42.3 Å². The van der Waals surface area contributed by atoms with Crippen LogP contribution in [0.5, 0.6) is 0 Å². The lowest BCUT2D eigenvalue weighted by atomic mass is 9.87. The Morgan fingerprint density at radius 2 is 1.62 bits per heavy atom. The van der Waals surface area contributed by atoms with Crippen LogP contribution in [-0.4, -0.2) is 73.0 Å². The fourth-order valence-electron chi connectivity index (χ4n) is 4.58. The number of hydrogen-bond donors (Lipinski definition) is 1. The summed E-state index contributed by atoms with van der Waals surface area (Å²) in [5.41, 5.74) is 2.12. The predicted octanol–water partition coefficient (Wildman–Crippen LogP) is 3.16. The van der Waals surface area contributed by atoms with Crippen LogP contribution in [-0.2, 0) is 9.53 Å². The quantitative estimate of drug-likeness (QED) is 0.708. The number of aryl methyl sites for hydroxylation is 1. The van der Waals surface area contributed by atoms with E-state index in [9.17, 15) is 14.4 Å². The number of ether oxygens (including phenoxy) is 1. The first kappa shape index (κ1) is 24.2. The zero-order chi connectivity index (χ0) is 24.1. The summed E-state index contributed by atoms with van der Waals surface area (Å²) in [7, 11) is 0. The fraction of sp³-hybridized carbons (Fsp3) is 0.423. The van der Waals surface area contributed by atoms with Crippen molar-refractivity contribution in [2.75, 3.05) is 39.4 Å². The van der Waals surface area contributed by atoms with Gasteiger partial charge in [0.2, 0.25) is 5.91 Å². The van der Waals surface area contributed by atoms with Crippen LogP contribution >= 0.6 is 11.6 Å². The minimum absolute atomic E-state index is 0.0463. The molecule has 2 aromatic rings. The molecule has 2 saturated heterocycles. The number of benzene rings is 2. The first-order valence-electron chi connectivity index (χ1n) is 11.7. The number of rotatable bonds is 5. The molecular formula is C26H30ClN3O4. The molecule has 2 fully saturated rings. The van der Waals surface area contributed by atoms with Crippen molar-refractivity contribution in [1.82, 2.24) is 15.1 Å². The molecule has 4 rings (SSSR count). The number of nitrogens with one attached hydrogen (secondary N) is 1. The van der Waals surface area contributed by atoms with Gasteiger partial charge in [0.15, 0.2) is 0 Å². The molecule has 0 aromatic heterocycles. The standard InChI is InChI=1S/C26H30ClN3O4/c1-18-3-2-4-21(17-18)24(31)28-23(26(33)30-13-15-34-16-14-30)19-9-11-29(12-10-19)25(32)20-5-7-22(27)8-6-20/h2-8,17,19,23H,9-16H2,1H3,(H,28,31)/t23-/m1/s1. The van der Waals surface area contributed by atoms with Crippen LogP contribution in [0.2, 0.25) is 5.02 Å². The highest BCUT2D eigenvalue weighted by atomic mass is 35.5. The highest BCUT2D eigenvalue weighted by Crippen LogP contribution is 2.25. The number of morpholine rings is 1. The Balaban J connectivity index is 1.46. The molecule has 2 aliphatic heterocycles. The van der Waals surface area contributed by atoms with Gasteiger partial charge in [-0.15, -0.1) is 0 Å². The van der Waals surface area contributed by atoms with Crippen molar-refractivity contribution in [3.63, 3.8) is 0 Å². The Hall–Kier alpha value is -2.90. The average molecular weight is 484 g/mol. The Bertz CT molecular complexity index is 1030. The van der Waals surface area contributed by atoms with Crippen molar-refractivity contribution in [1.29, 1.82) is 0 Å². The lowest BCUT2D eigenvalue weighted by Crippen LogP contribution is -2.56. The van der Waals surface area contributed by atoms with E-state index in [1.165, 1.54) is 0 Å². The molecule has 1 atom stereocenters. The van der Waals surface area contributed by atoms with Crippen LogP contribution in [0.15, 0.2) is 48.5 Å². The minimum atomic E-state index is -0.640. The van der Waals surface area contributed by atoms with E-state index in [2.05, 4.69) is 5.32 Å². The number of amides is 3. The van der Waals surface area contributed by atoms with Gasteiger partial charge in [0.05, 0.1) is 13.2 Å². The van der Waals surface area contributed by atoms with Gasteiger partial charge in [0.25, 0.3) is 11.8 Å². The summed E-state index contributed by atoms with van der Waals surface area (Å²) < 4.78 is 5.39. The molecule has 0 spiro atoms. The Morgan fingerprint density at radius 1 is 0.941 bits per heavy atom. The first-order valence-corrected chi connectivity index (χ1v) is 12.1. The molecule has 0 aliphatic carbocycles. The van der Waals surface area contributed by atoms with Gasteiger partial charge >= 0.3 is 0 Å². The highest BCUT2D eigenvalue weighted by molar-refractivity contribution is 6.30. The van der Waals surface area contributed by atoms with Crippen LogP contribution in [0.1, 0.15) is 39.1 Å². The number of nitrogens with zero attached hydrogens (tertiary/aromatic N) is 2. The molecule has 34 heavy (non-hydrogen) atoms. The largest absolute Gasteiger partial charge is 0.378 e. The maximum absolute atomic E-state index is 13.5. The van der Waals surface area contributed by atoms with Gasteiger partial charge in [-0.3, -0.25) is 14.4 Å². The molecule has 7 nitrogen and oxygen atoms in total. The monoisotopic (exact) mass is 483 g/mol. The molecule has 0 unspecified atom stereocenters. The van der Waals surface area contributed by atoms with Crippen molar-refractivity contribution in [2.24, 2.45) is 5.92 Å². The molecule has 0 radical (unpaired) electrons. The van der Waals surface area contributed by atoms with Gasteiger partial charge in [-0.05, 0) is 62.1 Å². The predicted molar refractivity (Wildman–Crippen MR) is 130 cm³/mol. The summed E-state index contributed by atoms with van der Waals surface area (Å²) in [6.07, 6.45) is 1.27. The molecular weight excluding hydrogens is 454 g/mol. The second kappa shape index (κ2) is 11.0. The minimum Gasteiger partial charge on any atom is -0.378 e. The maximum atomic E-state index is 13.5. The molecule has 8 heteroatoms. The third kappa shape index (κ3) is 5.77. The lowest BCUT2D eigenvalue weighted by molar-refractivity contribution is -0.139. The molecule has 0 bridgehead atoms. The number of piperidine rings is 1. The maximum Gasteiger partial charge on any atom is 0.253 e. The van der Waals surface area contributed by atoms with E-state index in [1.54, 1.807) is 40.1 Å². The summed E-state index contributed by atoms with van der Waals surface area (Å²) in [6, 6.07) is 13.6. The van der Waals surface area contributed by atoms with Gasteiger partial charge in [-0.25, -0.2) is 0 Å². The molecule has 0 saturated carbocycles. The zero-order valence-electron chi connectivity index (χ0n) is 19.3. The topological polar surface area (TPSA) is 79.0 Å². The van der Waals surface area contributed by atoms with E-state index >= 15 is 0 Å². The van der Waals surface area contributed by atoms with E-state index < -0.39 is 6.04 Å². The second-order valence-electron chi connectivity index (χ2n) is 8.89. The van der Waals surface area contributed by atoms with Crippen LogP contribution < -0.4 is 5.32 Å². The Labute approximate surface area is 205 Å². The molecule has 180 valence electrons. The van der Waals surface area contributed by atoms with Crippen molar-refractivity contribution in [2.45, 2.75) is 25.8 Å². The van der Waals surface area contributed by atoms with Gasteiger partial charge in [0.1, 0.15) is 6.04 Å². The van der Waals surface area contributed by atoms with Gasteiger partial charge in [-0.2, -0.15) is 0 Å². The zero-order valence-corrected chi connectivity index (χ0v) is 20.1. The first-order chi connectivity index (χ1) is 16.4. The molecule has 3 amide bonds. The number of halogens is 1. The lowest BCUT2D eigenvalue weighted by Gasteiger charge is -2.38. The average Bonchev–Trinajstić information content (AvgIpc) is 2.87. The van der Waals surface area contributed by atoms with Crippen molar-refractivity contribution in [3.05, 3.63) is 70.2 Å². The number of carbonyl (C=O) groups excluding carboxylic acids is 3. The number of likely N-dealkylation sites (tertiary alicyclic amines) is 1. The van der Waals surface area contributed by atoms with E-state index in [4.69, 9.17) is 16.3 Å². The number of carbonyl (C=O) groups is 3. The third-order valence-electron chi connectivity index (χ3n) is 6.55. The molecule has 2 aromatic carbocycles. The Morgan fingerprint density at radius 3 is 2.26 bits per heavy atom. The SMILES string of the molecule is Cc1cccc(C(=O)N[C@@H](C(=O)N2CCOCC2)C2CCN(C(=O)c3ccc(Cl)cc3)CC2)c1. The fourth-order valence-corrected chi connectivity index (χ4v) is 4.71. The summed E-state index contributed by atoms with van der Waals surface area (Å²) in [5.74, 6) is -0.435. The van der Waals surface area contributed by atoms with Crippen LogP contribution in [0.4, 0.5) is 0 Å². The van der Waals surface area contributed by atoms with Gasteiger partial charge < -0.3 is 19.9 Å². The number of hydrogen-bond acceptors (Lipinski definition) is 4. The van der Waals surface area contributed by atoms with Gasteiger partial charge in [-0.1, -0.05) is 29.3 Å². The summed E-state index contributed by atoms with van der Waals surface area (Å²) in [5, 5.41) is 3.61. The Kier molecular flexibility index (Phi) is 7.85. The van der Waals surface area contributed by atoms with E-state index in [1.807, 2.05) is 25.1 Å². The van der Waals surface area contributed by atoms with Crippen LogP contribution in [0.25, 0.3) is 0 Å². The van der Waals surface area contributed by atoms with Crippen LogP contribution in [0, 0.1) is 12.8 Å². The third-order valence-corrected chi connectivity index (χ3v) is 6.80. The normalized spacial score (nSPS) is 17.8.